The molecule has 3 N–H and O–H groups in total. The maximum Gasteiger partial charge on any atom is 0.256 e. The summed E-state index contributed by atoms with van der Waals surface area (Å²) in [6.07, 6.45) is -2.96. The summed E-state index contributed by atoms with van der Waals surface area (Å²) in [4.78, 5) is 24.6. The van der Waals surface area contributed by atoms with Gasteiger partial charge in [0.2, 0.25) is 0 Å². The summed E-state index contributed by atoms with van der Waals surface area (Å²) >= 11 is 0. The number of hydrogen-bond acceptors (Lipinski definition) is 7. The number of rotatable bonds is 4. The Kier molecular flexibility index (Phi) is 4.52. The summed E-state index contributed by atoms with van der Waals surface area (Å²) in [5.74, 6) is -0.207. The molecule has 27 heavy (non-hydrogen) atoms. The summed E-state index contributed by atoms with van der Waals surface area (Å²) < 4.78 is 21.1. The molecule has 3 heterocycles. The van der Waals surface area contributed by atoms with E-state index in [0.717, 1.165) is 0 Å². The highest BCUT2D eigenvalue weighted by Gasteiger charge is 2.45. The quantitative estimate of drug-likeness (QED) is 0.614. The van der Waals surface area contributed by atoms with Crippen LogP contribution in [0.4, 0.5) is 10.2 Å². The molecule has 1 unspecified atom stereocenters. The molecule has 2 aromatic heterocycles. The first-order valence-electron chi connectivity index (χ1n) is 8.22. The van der Waals surface area contributed by atoms with Crippen molar-refractivity contribution in [3.05, 3.63) is 48.5 Å². The molecule has 4 atom stereocenters. The SMILES string of the molecule is O=C(Nc1ncnc2c1ncn2[C@@H]1O[C@H](CO)[C@H](O)C1F)c1ccccc1. The number of benzene rings is 1. The molecule has 10 heteroatoms. The average molecular weight is 373 g/mol. The van der Waals surface area contributed by atoms with Gasteiger partial charge in [0.05, 0.1) is 12.9 Å². The van der Waals surface area contributed by atoms with Crippen molar-refractivity contribution in [2.45, 2.75) is 24.6 Å². The first kappa shape index (κ1) is 17.5. The molecular formula is C17H16FN5O4. The third-order valence-electron chi connectivity index (χ3n) is 4.37. The first-order chi connectivity index (χ1) is 13.1. The summed E-state index contributed by atoms with van der Waals surface area (Å²) in [6, 6.07) is 8.58. The zero-order chi connectivity index (χ0) is 19.0. The van der Waals surface area contributed by atoms with Gasteiger partial charge in [0, 0.05) is 5.56 Å². The van der Waals surface area contributed by atoms with E-state index >= 15 is 0 Å². The van der Waals surface area contributed by atoms with E-state index < -0.39 is 31.2 Å². The molecule has 1 saturated heterocycles. The molecule has 9 nitrogen and oxygen atoms in total. The Morgan fingerprint density at radius 1 is 1.26 bits per heavy atom. The van der Waals surface area contributed by atoms with Crippen LogP contribution in [0.5, 0.6) is 0 Å². The topological polar surface area (TPSA) is 122 Å². The molecule has 0 spiro atoms. The number of hydrogen-bond donors (Lipinski definition) is 3. The third kappa shape index (κ3) is 3.03. The van der Waals surface area contributed by atoms with Crippen LogP contribution in [-0.4, -0.2) is 60.6 Å². The maximum atomic E-state index is 14.4. The number of nitrogens with one attached hydrogen (secondary N) is 1. The standard InChI is InChI=1S/C17H16FN5O4/c18-11-13(25)10(6-24)27-17(11)23-8-21-12-14(19-7-20-15(12)23)22-16(26)9-4-2-1-3-5-9/h1-5,7-8,10-11,13,17,24-25H,6H2,(H,19,20,22,26)/t10-,11?,13+,17-/m1/s1. The number of carbonyl (C=O) groups excluding carboxylic acids is 1. The van der Waals surface area contributed by atoms with Gasteiger partial charge in [-0.15, -0.1) is 0 Å². The van der Waals surface area contributed by atoms with Crippen LogP contribution in [0.15, 0.2) is 43.0 Å². The smallest absolute Gasteiger partial charge is 0.256 e. The van der Waals surface area contributed by atoms with Gasteiger partial charge in [-0.25, -0.2) is 19.3 Å². The second kappa shape index (κ2) is 6.99. The number of anilines is 1. The van der Waals surface area contributed by atoms with Gasteiger partial charge in [0.1, 0.15) is 18.5 Å². The van der Waals surface area contributed by atoms with Crippen LogP contribution >= 0.6 is 0 Å². The Bertz CT molecular complexity index is 966. The van der Waals surface area contributed by atoms with Crippen LogP contribution in [0.25, 0.3) is 11.2 Å². The second-order valence-electron chi connectivity index (χ2n) is 6.05. The number of amides is 1. The minimum absolute atomic E-state index is 0.167. The number of aliphatic hydroxyl groups excluding tert-OH is 2. The summed E-state index contributed by atoms with van der Waals surface area (Å²) in [5.41, 5.74) is 0.923. The van der Waals surface area contributed by atoms with Crippen molar-refractivity contribution in [3.8, 4) is 0 Å². The Hall–Kier alpha value is -2.95. The lowest BCUT2D eigenvalue weighted by atomic mass is 10.1. The van der Waals surface area contributed by atoms with Gasteiger partial charge in [-0.3, -0.25) is 9.36 Å². The number of fused-ring (bicyclic) bond motifs is 1. The Morgan fingerprint density at radius 2 is 2.04 bits per heavy atom. The largest absolute Gasteiger partial charge is 0.394 e. The van der Waals surface area contributed by atoms with E-state index in [1.807, 2.05) is 0 Å². The van der Waals surface area contributed by atoms with Crippen LogP contribution < -0.4 is 5.32 Å². The van der Waals surface area contributed by atoms with Gasteiger partial charge in [-0.2, -0.15) is 0 Å². The molecule has 4 rings (SSSR count). The molecule has 3 aromatic rings. The minimum atomic E-state index is -1.77. The monoisotopic (exact) mass is 373 g/mol. The van der Waals surface area contributed by atoms with E-state index in [9.17, 15) is 19.4 Å². The number of aliphatic hydroxyl groups is 2. The lowest BCUT2D eigenvalue weighted by Crippen LogP contribution is -2.30. The van der Waals surface area contributed by atoms with Crippen molar-refractivity contribution in [3.63, 3.8) is 0 Å². The predicted molar refractivity (Wildman–Crippen MR) is 91.6 cm³/mol. The van der Waals surface area contributed by atoms with Crippen molar-refractivity contribution in [2.75, 3.05) is 11.9 Å². The van der Waals surface area contributed by atoms with Gasteiger partial charge in [-0.1, -0.05) is 18.2 Å². The van der Waals surface area contributed by atoms with Gasteiger partial charge in [-0.05, 0) is 12.1 Å². The van der Waals surface area contributed by atoms with E-state index in [-0.39, 0.29) is 22.9 Å². The van der Waals surface area contributed by atoms with Crippen molar-refractivity contribution in [1.29, 1.82) is 0 Å². The van der Waals surface area contributed by atoms with Crippen molar-refractivity contribution in [2.24, 2.45) is 0 Å². The van der Waals surface area contributed by atoms with Crippen LogP contribution in [0.1, 0.15) is 16.6 Å². The van der Waals surface area contributed by atoms with Gasteiger partial charge < -0.3 is 20.3 Å². The molecule has 0 bridgehead atoms. The lowest BCUT2D eigenvalue weighted by molar-refractivity contribution is -0.0459. The number of aromatic nitrogens is 4. The third-order valence-corrected chi connectivity index (χ3v) is 4.37. The van der Waals surface area contributed by atoms with E-state index in [1.54, 1.807) is 30.3 Å². The Morgan fingerprint density at radius 3 is 2.74 bits per heavy atom. The molecule has 1 aliphatic rings. The normalized spacial score (nSPS) is 25.0. The predicted octanol–water partition coefficient (Wildman–Crippen LogP) is 0.667. The van der Waals surface area contributed by atoms with Crippen molar-refractivity contribution in [1.82, 2.24) is 19.5 Å². The Balaban J connectivity index is 1.65. The first-order valence-corrected chi connectivity index (χ1v) is 8.22. The highest BCUT2D eigenvalue weighted by molar-refractivity contribution is 6.06. The molecule has 140 valence electrons. The molecule has 0 aliphatic carbocycles. The molecule has 1 aliphatic heterocycles. The van der Waals surface area contributed by atoms with Gasteiger partial charge >= 0.3 is 0 Å². The number of halogens is 1. The maximum absolute atomic E-state index is 14.4. The number of alkyl halides is 1. The molecule has 1 amide bonds. The van der Waals surface area contributed by atoms with E-state index in [2.05, 4.69) is 20.3 Å². The lowest BCUT2D eigenvalue weighted by Gasteiger charge is -2.15. The van der Waals surface area contributed by atoms with Gasteiger partial charge in [0.25, 0.3) is 5.91 Å². The molecular weight excluding hydrogens is 357 g/mol. The number of nitrogens with zero attached hydrogens (tertiary/aromatic N) is 4. The van der Waals surface area contributed by atoms with E-state index in [4.69, 9.17) is 4.74 Å². The van der Waals surface area contributed by atoms with Crippen molar-refractivity contribution >= 4 is 22.9 Å². The van der Waals surface area contributed by atoms with Crippen LogP contribution in [-0.2, 0) is 4.74 Å². The summed E-state index contributed by atoms with van der Waals surface area (Å²) in [6.45, 7) is -0.516. The molecule has 0 radical (unpaired) electrons. The second-order valence-corrected chi connectivity index (χ2v) is 6.05. The fraction of sp³-hybridized carbons (Fsp3) is 0.294. The van der Waals surface area contributed by atoms with Crippen LogP contribution in [0, 0.1) is 0 Å². The minimum Gasteiger partial charge on any atom is -0.394 e. The van der Waals surface area contributed by atoms with Gasteiger partial charge in [0.15, 0.2) is 29.4 Å². The highest BCUT2D eigenvalue weighted by atomic mass is 19.1. The van der Waals surface area contributed by atoms with Crippen molar-refractivity contribution < 1.29 is 24.1 Å². The number of ether oxygens (including phenoxy) is 1. The zero-order valence-corrected chi connectivity index (χ0v) is 13.9. The van der Waals surface area contributed by atoms with E-state index in [0.29, 0.717) is 5.56 Å². The summed E-state index contributed by atoms with van der Waals surface area (Å²) in [5, 5.41) is 21.7. The number of carbonyl (C=O) groups is 1. The molecule has 0 saturated carbocycles. The van der Waals surface area contributed by atoms with Crippen LogP contribution in [0.3, 0.4) is 0 Å². The average Bonchev–Trinajstić information content (AvgIpc) is 3.25. The fourth-order valence-corrected chi connectivity index (χ4v) is 2.98. The molecule has 1 aromatic carbocycles. The molecule has 1 fully saturated rings. The Labute approximate surface area is 152 Å². The zero-order valence-electron chi connectivity index (χ0n) is 13.9. The number of imidazole rings is 1. The summed E-state index contributed by atoms with van der Waals surface area (Å²) in [7, 11) is 0. The highest BCUT2D eigenvalue weighted by Crippen LogP contribution is 2.34. The van der Waals surface area contributed by atoms with E-state index in [1.165, 1.54) is 17.2 Å². The fourth-order valence-electron chi connectivity index (χ4n) is 2.98. The van der Waals surface area contributed by atoms with Crippen LogP contribution in [0.2, 0.25) is 0 Å².